The van der Waals surface area contributed by atoms with E-state index in [1.165, 1.54) is 0 Å². The van der Waals surface area contributed by atoms with Crippen molar-refractivity contribution in [3.8, 4) is 11.4 Å². The molecule has 0 radical (unpaired) electrons. The van der Waals surface area contributed by atoms with E-state index in [9.17, 15) is 0 Å². The quantitative estimate of drug-likeness (QED) is 0.569. The van der Waals surface area contributed by atoms with Gasteiger partial charge < -0.3 is 4.90 Å². The first-order chi connectivity index (χ1) is 10.7. The van der Waals surface area contributed by atoms with Crippen LogP contribution in [0.4, 0.5) is 5.69 Å². The first-order valence-corrected chi connectivity index (χ1v) is 7.11. The molecule has 2 heterocycles. The minimum absolute atomic E-state index is 0.711. The Kier molecular flexibility index (Phi) is 2.79. The predicted octanol–water partition coefficient (Wildman–Crippen LogP) is 3.01. The molecule has 0 N–H and O–H groups in total. The smallest absolute Gasteiger partial charge is 0.184 e. The van der Waals surface area contributed by atoms with Gasteiger partial charge in [0.25, 0.3) is 0 Å². The van der Waals surface area contributed by atoms with E-state index in [1.807, 2.05) is 56.6 Å². The molecule has 4 rings (SSSR count). The molecule has 0 aliphatic heterocycles. The molecule has 5 heteroatoms. The third-order valence-corrected chi connectivity index (χ3v) is 3.71. The molecule has 5 nitrogen and oxygen atoms in total. The molecule has 0 saturated heterocycles. The van der Waals surface area contributed by atoms with Crippen molar-refractivity contribution in [2.75, 3.05) is 19.0 Å². The summed E-state index contributed by atoms with van der Waals surface area (Å²) in [6.07, 6.45) is 1.71. The van der Waals surface area contributed by atoms with Gasteiger partial charge in [0, 0.05) is 30.7 Å². The molecule has 2 aromatic carbocycles. The summed E-state index contributed by atoms with van der Waals surface area (Å²) in [4.78, 5) is 11.2. The zero-order chi connectivity index (χ0) is 15.1. The third kappa shape index (κ3) is 1.90. The van der Waals surface area contributed by atoms with Crippen molar-refractivity contribution in [2.24, 2.45) is 0 Å². The van der Waals surface area contributed by atoms with Crippen LogP contribution in [0.25, 0.3) is 27.9 Å². The van der Waals surface area contributed by atoms with Gasteiger partial charge in [-0.25, -0.2) is 14.5 Å². The Morgan fingerprint density at radius 3 is 2.59 bits per heavy atom. The van der Waals surface area contributed by atoms with E-state index in [4.69, 9.17) is 4.98 Å². The maximum Gasteiger partial charge on any atom is 0.184 e. The number of aromatic nitrogens is 4. The van der Waals surface area contributed by atoms with Gasteiger partial charge >= 0.3 is 0 Å². The number of para-hydroxylation sites is 2. The largest absolute Gasteiger partial charge is 0.377 e. The zero-order valence-corrected chi connectivity index (χ0v) is 12.4. The van der Waals surface area contributed by atoms with Gasteiger partial charge in [0.1, 0.15) is 6.33 Å². The van der Waals surface area contributed by atoms with Gasteiger partial charge in [-0.2, -0.15) is 0 Å². The van der Waals surface area contributed by atoms with Gasteiger partial charge in [-0.05, 0) is 24.3 Å². The van der Waals surface area contributed by atoms with Crippen molar-refractivity contribution in [3.63, 3.8) is 0 Å². The van der Waals surface area contributed by atoms with E-state index in [1.54, 1.807) is 10.8 Å². The maximum absolute atomic E-state index is 4.74. The Labute approximate surface area is 127 Å². The van der Waals surface area contributed by atoms with Crippen molar-refractivity contribution < 1.29 is 0 Å². The molecule has 0 atom stereocenters. The molecule has 0 bridgehead atoms. The number of anilines is 1. The van der Waals surface area contributed by atoms with Crippen LogP contribution in [0.15, 0.2) is 54.9 Å². The van der Waals surface area contributed by atoms with Crippen molar-refractivity contribution in [2.45, 2.75) is 0 Å². The summed E-state index contributed by atoms with van der Waals surface area (Å²) in [7, 11) is 4.04. The maximum atomic E-state index is 4.74. The average Bonchev–Trinajstić information content (AvgIpc) is 2.99. The van der Waals surface area contributed by atoms with Crippen LogP contribution in [0, 0.1) is 0 Å². The molecule has 0 aliphatic rings. The molecule has 22 heavy (non-hydrogen) atoms. The second-order valence-electron chi connectivity index (χ2n) is 5.38. The second kappa shape index (κ2) is 4.80. The highest BCUT2D eigenvalue weighted by Crippen LogP contribution is 2.28. The van der Waals surface area contributed by atoms with Gasteiger partial charge in [-0.15, -0.1) is 5.10 Å². The Morgan fingerprint density at radius 2 is 1.73 bits per heavy atom. The predicted molar refractivity (Wildman–Crippen MR) is 88.1 cm³/mol. The van der Waals surface area contributed by atoms with Crippen LogP contribution in [0.5, 0.6) is 0 Å². The zero-order valence-electron chi connectivity index (χ0n) is 12.4. The third-order valence-electron chi connectivity index (χ3n) is 3.71. The summed E-state index contributed by atoms with van der Waals surface area (Å²) < 4.78 is 1.74. The summed E-state index contributed by atoms with van der Waals surface area (Å²) in [5.74, 6) is 0.711. The second-order valence-corrected chi connectivity index (χ2v) is 5.38. The van der Waals surface area contributed by atoms with Crippen molar-refractivity contribution >= 4 is 22.2 Å². The van der Waals surface area contributed by atoms with Crippen LogP contribution >= 0.6 is 0 Å². The Balaban J connectivity index is 1.99. The number of hydrogen-bond donors (Lipinski definition) is 0. The van der Waals surface area contributed by atoms with Gasteiger partial charge in [0.15, 0.2) is 11.5 Å². The van der Waals surface area contributed by atoms with Gasteiger partial charge in [0.05, 0.1) is 5.52 Å². The lowest BCUT2D eigenvalue weighted by molar-refractivity contribution is 0.937. The molecule has 2 aromatic heterocycles. The molecular weight excluding hydrogens is 274 g/mol. The average molecular weight is 289 g/mol. The molecule has 0 fully saturated rings. The fraction of sp³-hybridized carbons (Fsp3) is 0.118. The lowest BCUT2D eigenvalue weighted by atomic mass is 10.1. The number of hydrogen-bond acceptors (Lipinski definition) is 4. The standard InChI is InChI=1S/C17H15N5/c1-21(2)15-10-6-4-8-13(15)16-19-17-12-7-3-5-9-14(12)18-11-22(17)20-16/h3-11H,1-2H3. The van der Waals surface area contributed by atoms with E-state index < -0.39 is 0 Å². The van der Waals surface area contributed by atoms with E-state index in [0.717, 1.165) is 27.8 Å². The summed E-state index contributed by atoms with van der Waals surface area (Å²) >= 11 is 0. The number of rotatable bonds is 2. The van der Waals surface area contributed by atoms with Crippen LogP contribution in [-0.2, 0) is 0 Å². The van der Waals surface area contributed by atoms with Crippen molar-refractivity contribution in [1.82, 2.24) is 19.6 Å². The Morgan fingerprint density at radius 1 is 0.955 bits per heavy atom. The van der Waals surface area contributed by atoms with Crippen LogP contribution in [0.1, 0.15) is 0 Å². The van der Waals surface area contributed by atoms with Gasteiger partial charge in [0.2, 0.25) is 0 Å². The van der Waals surface area contributed by atoms with Gasteiger partial charge in [-0.3, -0.25) is 0 Å². The van der Waals surface area contributed by atoms with E-state index in [2.05, 4.69) is 21.0 Å². The molecule has 0 unspecified atom stereocenters. The van der Waals surface area contributed by atoms with E-state index in [0.29, 0.717) is 5.82 Å². The Bertz CT molecular complexity index is 971. The lowest BCUT2D eigenvalue weighted by Gasteiger charge is -2.15. The summed E-state index contributed by atoms with van der Waals surface area (Å²) in [6, 6.07) is 16.1. The molecule has 4 aromatic rings. The van der Waals surface area contributed by atoms with Gasteiger partial charge in [-0.1, -0.05) is 24.3 Å². The SMILES string of the molecule is CN(C)c1ccccc1-c1nc2c3ccccc3ncn2n1. The number of nitrogens with zero attached hydrogens (tertiary/aromatic N) is 5. The van der Waals surface area contributed by atoms with E-state index >= 15 is 0 Å². The lowest BCUT2D eigenvalue weighted by Crippen LogP contribution is -2.10. The Hall–Kier alpha value is -2.95. The molecule has 0 spiro atoms. The molecule has 0 aliphatic carbocycles. The monoisotopic (exact) mass is 289 g/mol. The minimum atomic E-state index is 0.711. The highest BCUT2D eigenvalue weighted by molar-refractivity contribution is 5.91. The highest BCUT2D eigenvalue weighted by atomic mass is 15.3. The van der Waals surface area contributed by atoms with Crippen LogP contribution < -0.4 is 4.90 Å². The minimum Gasteiger partial charge on any atom is -0.377 e. The fourth-order valence-corrected chi connectivity index (χ4v) is 2.65. The molecule has 0 saturated carbocycles. The van der Waals surface area contributed by atoms with Crippen LogP contribution in [-0.4, -0.2) is 33.7 Å². The molecule has 108 valence electrons. The number of benzene rings is 2. The van der Waals surface area contributed by atoms with Crippen molar-refractivity contribution in [3.05, 3.63) is 54.9 Å². The van der Waals surface area contributed by atoms with Crippen molar-refractivity contribution in [1.29, 1.82) is 0 Å². The van der Waals surface area contributed by atoms with Crippen LogP contribution in [0.2, 0.25) is 0 Å². The summed E-state index contributed by atoms with van der Waals surface area (Å²) in [5, 5.41) is 5.60. The first-order valence-electron chi connectivity index (χ1n) is 7.11. The fourth-order valence-electron chi connectivity index (χ4n) is 2.65. The normalized spacial score (nSPS) is 11.2. The highest BCUT2D eigenvalue weighted by Gasteiger charge is 2.13. The first kappa shape index (κ1) is 12.8. The summed E-state index contributed by atoms with van der Waals surface area (Å²) in [5.41, 5.74) is 3.86. The molecular formula is C17H15N5. The van der Waals surface area contributed by atoms with E-state index in [-0.39, 0.29) is 0 Å². The van der Waals surface area contributed by atoms with Crippen LogP contribution in [0.3, 0.4) is 0 Å². The summed E-state index contributed by atoms with van der Waals surface area (Å²) in [6.45, 7) is 0. The topological polar surface area (TPSA) is 46.3 Å². The molecule has 0 amide bonds. The number of fused-ring (bicyclic) bond motifs is 3.